The third-order valence-electron chi connectivity index (χ3n) is 2.86. The van der Waals surface area contributed by atoms with Gasteiger partial charge < -0.3 is 20.1 Å². The van der Waals surface area contributed by atoms with Gasteiger partial charge in [0.05, 0.1) is 13.7 Å². The van der Waals surface area contributed by atoms with Gasteiger partial charge in [0.2, 0.25) is 5.88 Å². The molecule has 0 aliphatic rings. The van der Waals surface area contributed by atoms with E-state index in [1.165, 1.54) is 0 Å². The number of rotatable bonds is 6. The molecule has 6 nitrogen and oxygen atoms in total. The van der Waals surface area contributed by atoms with Crippen molar-refractivity contribution >= 4 is 11.7 Å². The SMILES string of the molecule is CCOc1cccc(NC(=O)NCc2ccnc(OC)c2)c1. The molecule has 2 amide bonds. The summed E-state index contributed by atoms with van der Waals surface area (Å²) in [5, 5.41) is 5.54. The summed E-state index contributed by atoms with van der Waals surface area (Å²) in [6, 6.07) is 10.6. The van der Waals surface area contributed by atoms with Crippen LogP contribution < -0.4 is 20.1 Å². The van der Waals surface area contributed by atoms with Crippen molar-refractivity contribution in [1.82, 2.24) is 10.3 Å². The molecule has 0 aliphatic heterocycles. The lowest BCUT2D eigenvalue weighted by atomic mass is 10.2. The van der Waals surface area contributed by atoms with Crippen LogP contribution in [0.25, 0.3) is 0 Å². The lowest BCUT2D eigenvalue weighted by Gasteiger charge is -2.09. The standard InChI is InChI=1S/C16H19N3O3/c1-3-22-14-6-4-5-13(10-14)19-16(20)18-11-12-7-8-17-15(9-12)21-2/h4-10H,3,11H2,1-2H3,(H2,18,19,20). The Morgan fingerprint density at radius 3 is 2.91 bits per heavy atom. The molecule has 1 aromatic carbocycles. The van der Waals surface area contributed by atoms with Crippen LogP contribution in [0.1, 0.15) is 12.5 Å². The Labute approximate surface area is 129 Å². The highest BCUT2D eigenvalue weighted by atomic mass is 16.5. The van der Waals surface area contributed by atoms with E-state index in [2.05, 4.69) is 15.6 Å². The van der Waals surface area contributed by atoms with Crippen molar-refractivity contribution in [3.8, 4) is 11.6 Å². The smallest absolute Gasteiger partial charge is 0.319 e. The molecule has 0 atom stereocenters. The third-order valence-corrected chi connectivity index (χ3v) is 2.86. The largest absolute Gasteiger partial charge is 0.494 e. The van der Waals surface area contributed by atoms with Gasteiger partial charge in [-0.2, -0.15) is 0 Å². The Morgan fingerprint density at radius 1 is 1.27 bits per heavy atom. The fourth-order valence-electron chi connectivity index (χ4n) is 1.86. The summed E-state index contributed by atoms with van der Waals surface area (Å²) in [6.07, 6.45) is 1.64. The molecule has 0 saturated carbocycles. The van der Waals surface area contributed by atoms with Crippen LogP contribution in [0.4, 0.5) is 10.5 Å². The number of aromatic nitrogens is 1. The zero-order valence-electron chi connectivity index (χ0n) is 12.6. The number of hydrogen-bond acceptors (Lipinski definition) is 4. The minimum atomic E-state index is -0.288. The van der Waals surface area contributed by atoms with Gasteiger partial charge in [-0.3, -0.25) is 0 Å². The number of carbonyl (C=O) groups excluding carboxylic acids is 1. The number of nitrogens with zero attached hydrogens (tertiary/aromatic N) is 1. The van der Waals surface area contributed by atoms with Crippen LogP contribution in [0.3, 0.4) is 0 Å². The molecule has 0 unspecified atom stereocenters. The average molecular weight is 301 g/mol. The van der Waals surface area contributed by atoms with E-state index < -0.39 is 0 Å². The van der Waals surface area contributed by atoms with E-state index in [1.54, 1.807) is 31.5 Å². The van der Waals surface area contributed by atoms with Gasteiger partial charge in [0.1, 0.15) is 5.75 Å². The second-order valence-electron chi connectivity index (χ2n) is 4.47. The maximum Gasteiger partial charge on any atom is 0.319 e. The fourth-order valence-corrected chi connectivity index (χ4v) is 1.86. The summed E-state index contributed by atoms with van der Waals surface area (Å²) < 4.78 is 10.4. The Balaban J connectivity index is 1.88. The second-order valence-corrected chi connectivity index (χ2v) is 4.47. The summed E-state index contributed by atoms with van der Waals surface area (Å²) in [7, 11) is 1.55. The van der Waals surface area contributed by atoms with Gasteiger partial charge >= 0.3 is 6.03 Å². The number of methoxy groups -OCH3 is 1. The molecule has 0 bridgehead atoms. The van der Waals surface area contributed by atoms with E-state index in [1.807, 2.05) is 25.1 Å². The lowest BCUT2D eigenvalue weighted by Crippen LogP contribution is -2.28. The minimum Gasteiger partial charge on any atom is -0.494 e. The van der Waals surface area contributed by atoms with Crippen molar-refractivity contribution in [2.75, 3.05) is 19.0 Å². The van der Waals surface area contributed by atoms with Crippen molar-refractivity contribution < 1.29 is 14.3 Å². The number of nitrogens with one attached hydrogen (secondary N) is 2. The van der Waals surface area contributed by atoms with Gasteiger partial charge in [0, 0.05) is 30.6 Å². The normalized spacial score (nSPS) is 9.91. The first-order valence-electron chi connectivity index (χ1n) is 6.98. The molecule has 2 rings (SSSR count). The number of ether oxygens (including phenoxy) is 2. The number of hydrogen-bond donors (Lipinski definition) is 2. The summed E-state index contributed by atoms with van der Waals surface area (Å²) in [4.78, 5) is 15.9. The van der Waals surface area contributed by atoms with Gasteiger partial charge in [-0.15, -0.1) is 0 Å². The fraction of sp³-hybridized carbons (Fsp3) is 0.250. The molecular weight excluding hydrogens is 282 g/mol. The van der Waals surface area contributed by atoms with Crippen molar-refractivity contribution in [3.05, 3.63) is 48.2 Å². The van der Waals surface area contributed by atoms with Crippen LogP contribution >= 0.6 is 0 Å². The van der Waals surface area contributed by atoms with Crippen molar-refractivity contribution in [2.24, 2.45) is 0 Å². The number of urea groups is 1. The third kappa shape index (κ3) is 4.66. The van der Waals surface area contributed by atoms with Crippen LogP contribution in [-0.4, -0.2) is 24.7 Å². The first kappa shape index (κ1) is 15.6. The minimum absolute atomic E-state index is 0.288. The van der Waals surface area contributed by atoms with Gasteiger partial charge in [-0.1, -0.05) is 6.07 Å². The zero-order valence-corrected chi connectivity index (χ0v) is 12.6. The predicted molar refractivity (Wildman–Crippen MR) is 84.3 cm³/mol. The maximum absolute atomic E-state index is 11.9. The van der Waals surface area contributed by atoms with E-state index in [9.17, 15) is 4.79 Å². The average Bonchev–Trinajstić information content (AvgIpc) is 2.54. The lowest BCUT2D eigenvalue weighted by molar-refractivity contribution is 0.251. The molecule has 116 valence electrons. The zero-order chi connectivity index (χ0) is 15.8. The van der Waals surface area contributed by atoms with Crippen molar-refractivity contribution in [2.45, 2.75) is 13.5 Å². The van der Waals surface area contributed by atoms with E-state index in [-0.39, 0.29) is 6.03 Å². The number of amides is 2. The Bertz CT molecular complexity index is 632. The highest BCUT2D eigenvalue weighted by molar-refractivity contribution is 5.89. The number of pyridine rings is 1. The predicted octanol–water partition coefficient (Wildman–Crippen LogP) is 2.81. The van der Waals surface area contributed by atoms with E-state index >= 15 is 0 Å². The van der Waals surface area contributed by atoms with E-state index in [0.717, 1.165) is 11.3 Å². The second kappa shape index (κ2) is 7.87. The summed E-state index contributed by atoms with van der Waals surface area (Å²) in [5.74, 6) is 1.24. The molecule has 2 N–H and O–H groups in total. The summed E-state index contributed by atoms with van der Waals surface area (Å²) in [5.41, 5.74) is 1.58. The van der Waals surface area contributed by atoms with Crippen LogP contribution in [-0.2, 0) is 6.54 Å². The molecular formula is C16H19N3O3. The van der Waals surface area contributed by atoms with Crippen LogP contribution in [0, 0.1) is 0 Å². The quantitative estimate of drug-likeness (QED) is 0.860. The highest BCUT2D eigenvalue weighted by Gasteiger charge is 2.04. The molecule has 0 spiro atoms. The molecule has 1 aromatic heterocycles. The topological polar surface area (TPSA) is 72.5 Å². The van der Waals surface area contributed by atoms with Gasteiger partial charge in [0.15, 0.2) is 0 Å². The Kier molecular flexibility index (Phi) is 5.59. The molecule has 0 aliphatic carbocycles. The van der Waals surface area contributed by atoms with Gasteiger partial charge in [-0.05, 0) is 30.7 Å². The molecule has 0 fully saturated rings. The van der Waals surface area contributed by atoms with Crippen LogP contribution in [0.5, 0.6) is 11.6 Å². The highest BCUT2D eigenvalue weighted by Crippen LogP contribution is 2.17. The van der Waals surface area contributed by atoms with Crippen LogP contribution in [0.15, 0.2) is 42.6 Å². The van der Waals surface area contributed by atoms with E-state index in [0.29, 0.717) is 24.7 Å². The van der Waals surface area contributed by atoms with Gasteiger partial charge in [-0.25, -0.2) is 9.78 Å². The summed E-state index contributed by atoms with van der Waals surface area (Å²) >= 11 is 0. The summed E-state index contributed by atoms with van der Waals surface area (Å²) in [6.45, 7) is 2.88. The Hall–Kier alpha value is -2.76. The number of anilines is 1. The van der Waals surface area contributed by atoms with E-state index in [4.69, 9.17) is 9.47 Å². The molecule has 1 heterocycles. The maximum atomic E-state index is 11.9. The van der Waals surface area contributed by atoms with Crippen molar-refractivity contribution in [3.63, 3.8) is 0 Å². The molecule has 0 saturated heterocycles. The monoisotopic (exact) mass is 301 g/mol. The number of benzene rings is 1. The van der Waals surface area contributed by atoms with Gasteiger partial charge in [0.25, 0.3) is 0 Å². The first-order chi connectivity index (χ1) is 10.7. The first-order valence-corrected chi connectivity index (χ1v) is 6.98. The number of carbonyl (C=O) groups is 1. The van der Waals surface area contributed by atoms with Crippen molar-refractivity contribution in [1.29, 1.82) is 0 Å². The molecule has 6 heteroatoms. The Morgan fingerprint density at radius 2 is 2.14 bits per heavy atom. The molecule has 2 aromatic rings. The molecule has 0 radical (unpaired) electrons. The molecule has 22 heavy (non-hydrogen) atoms. The van der Waals surface area contributed by atoms with Crippen LogP contribution in [0.2, 0.25) is 0 Å².